The van der Waals surface area contributed by atoms with Gasteiger partial charge in [0.05, 0.1) is 0 Å². The molecule has 2 nitrogen and oxygen atoms in total. The third-order valence-corrected chi connectivity index (χ3v) is 3.56. The smallest absolute Gasteiger partial charge is 0.134 e. The highest BCUT2D eigenvalue weighted by atomic mass is 32.1. The van der Waals surface area contributed by atoms with Gasteiger partial charge in [0.25, 0.3) is 0 Å². The van der Waals surface area contributed by atoms with Crippen molar-refractivity contribution in [1.29, 1.82) is 0 Å². The summed E-state index contributed by atoms with van der Waals surface area (Å²) in [6.45, 7) is 0.808. The maximum atomic E-state index is 4.39. The van der Waals surface area contributed by atoms with Gasteiger partial charge < -0.3 is 5.32 Å². The Morgan fingerprint density at radius 3 is 2.82 bits per heavy atom. The number of rotatable bonds is 3. The lowest BCUT2D eigenvalue weighted by Gasteiger charge is -2.06. The standard InChI is InChI=1S/C14H12N2S/c1-2-4-11(5-3-1)10-16-14-12-7-9-17-13(12)6-8-15-14/h1-9H,10H2,(H,15,16). The first-order chi connectivity index (χ1) is 8.43. The molecule has 84 valence electrons. The third kappa shape index (κ3) is 2.15. The Morgan fingerprint density at radius 1 is 1.06 bits per heavy atom. The van der Waals surface area contributed by atoms with E-state index in [1.807, 2.05) is 18.3 Å². The second kappa shape index (κ2) is 4.55. The van der Waals surface area contributed by atoms with Gasteiger partial charge in [-0.3, -0.25) is 0 Å². The number of fused-ring (bicyclic) bond motifs is 1. The summed E-state index contributed by atoms with van der Waals surface area (Å²) >= 11 is 1.74. The summed E-state index contributed by atoms with van der Waals surface area (Å²) in [5.74, 6) is 0.965. The Labute approximate surface area is 104 Å². The summed E-state index contributed by atoms with van der Waals surface area (Å²) in [7, 11) is 0. The molecule has 0 saturated carbocycles. The van der Waals surface area contributed by atoms with Crippen LogP contribution in [0.5, 0.6) is 0 Å². The van der Waals surface area contributed by atoms with Crippen LogP contribution < -0.4 is 5.32 Å². The maximum absolute atomic E-state index is 4.39. The molecule has 3 aromatic rings. The molecule has 1 N–H and O–H groups in total. The maximum Gasteiger partial charge on any atom is 0.134 e. The van der Waals surface area contributed by atoms with Crippen molar-refractivity contribution < 1.29 is 0 Å². The van der Waals surface area contributed by atoms with Crippen molar-refractivity contribution >= 4 is 27.2 Å². The van der Waals surface area contributed by atoms with Crippen LogP contribution in [0.15, 0.2) is 54.0 Å². The number of nitrogens with zero attached hydrogens (tertiary/aromatic N) is 1. The van der Waals surface area contributed by atoms with Gasteiger partial charge >= 0.3 is 0 Å². The first-order valence-corrected chi connectivity index (χ1v) is 6.41. The molecule has 0 radical (unpaired) electrons. The minimum Gasteiger partial charge on any atom is -0.365 e. The molecule has 0 atom stereocenters. The highest BCUT2D eigenvalue weighted by Crippen LogP contribution is 2.25. The SMILES string of the molecule is c1ccc(CNc2nccc3sccc23)cc1. The van der Waals surface area contributed by atoms with E-state index in [-0.39, 0.29) is 0 Å². The summed E-state index contributed by atoms with van der Waals surface area (Å²) in [6.07, 6.45) is 1.85. The molecule has 0 bridgehead atoms. The van der Waals surface area contributed by atoms with Crippen molar-refractivity contribution in [2.75, 3.05) is 5.32 Å². The average Bonchev–Trinajstić information content (AvgIpc) is 2.86. The summed E-state index contributed by atoms with van der Waals surface area (Å²) in [4.78, 5) is 4.39. The van der Waals surface area contributed by atoms with Gasteiger partial charge in [-0.05, 0) is 23.1 Å². The molecule has 0 fully saturated rings. The Balaban J connectivity index is 1.84. The van der Waals surface area contributed by atoms with Crippen LogP contribution in [0.4, 0.5) is 5.82 Å². The second-order valence-electron chi connectivity index (χ2n) is 3.83. The predicted molar refractivity (Wildman–Crippen MR) is 73.4 cm³/mol. The fourth-order valence-corrected chi connectivity index (χ4v) is 2.60. The first kappa shape index (κ1) is 10.3. The lowest BCUT2D eigenvalue weighted by Crippen LogP contribution is -2.00. The zero-order valence-corrected chi connectivity index (χ0v) is 10.1. The molecule has 0 aliphatic rings. The number of anilines is 1. The minimum atomic E-state index is 0.808. The van der Waals surface area contributed by atoms with Crippen molar-refractivity contribution in [3.05, 3.63) is 59.6 Å². The van der Waals surface area contributed by atoms with Crippen molar-refractivity contribution in [2.24, 2.45) is 0 Å². The average molecular weight is 240 g/mol. The third-order valence-electron chi connectivity index (χ3n) is 2.68. The summed E-state index contributed by atoms with van der Waals surface area (Å²) in [5.41, 5.74) is 1.27. The molecular formula is C14H12N2S. The topological polar surface area (TPSA) is 24.9 Å². The molecule has 2 aromatic heterocycles. The summed E-state index contributed by atoms with van der Waals surface area (Å²) < 4.78 is 1.27. The number of aromatic nitrogens is 1. The fourth-order valence-electron chi connectivity index (χ4n) is 1.82. The zero-order chi connectivity index (χ0) is 11.5. The van der Waals surface area contributed by atoms with Gasteiger partial charge in [0.15, 0.2) is 0 Å². The number of hydrogen-bond donors (Lipinski definition) is 1. The Kier molecular flexibility index (Phi) is 2.76. The van der Waals surface area contributed by atoms with Gasteiger partial charge in [-0.15, -0.1) is 11.3 Å². The van der Waals surface area contributed by atoms with Gasteiger partial charge in [-0.25, -0.2) is 4.98 Å². The van der Waals surface area contributed by atoms with Crippen molar-refractivity contribution in [3.8, 4) is 0 Å². The van der Waals surface area contributed by atoms with E-state index >= 15 is 0 Å². The highest BCUT2D eigenvalue weighted by Gasteiger charge is 2.02. The lowest BCUT2D eigenvalue weighted by atomic mass is 10.2. The first-order valence-electron chi connectivity index (χ1n) is 5.53. The van der Waals surface area contributed by atoms with Crippen LogP contribution in [-0.4, -0.2) is 4.98 Å². The lowest BCUT2D eigenvalue weighted by molar-refractivity contribution is 1.12. The molecule has 0 spiro atoms. The van der Waals surface area contributed by atoms with Gasteiger partial charge in [-0.1, -0.05) is 30.3 Å². The van der Waals surface area contributed by atoms with Crippen LogP contribution in [0, 0.1) is 0 Å². The van der Waals surface area contributed by atoms with E-state index in [0.717, 1.165) is 12.4 Å². The second-order valence-corrected chi connectivity index (χ2v) is 4.78. The minimum absolute atomic E-state index is 0.808. The van der Waals surface area contributed by atoms with Crippen LogP contribution >= 0.6 is 11.3 Å². The molecule has 0 saturated heterocycles. The van der Waals surface area contributed by atoms with Crippen molar-refractivity contribution in [1.82, 2.24) is 4.98 Å². The Bertz CT molecular complexity index is 616. The van der Waals surface area contributed by atoms with E-state index in [1.54, 1.807) is 11.3 Å². The molecule has 0 unspecified atom stereocenters. The molecule has 3 rings (SSSR count). The molecule has 1 aromatic carbocycles. The van der Waals surface area contributed by atoms with E-state index in [4.69, 9.17) is 0 Å². The van der Waals surface area contributed by atoms with E-state index in [0.29, 0.717) is 0 Å². The summed E-state index contributed by atoms with van der Waals surface area (Å²) in [5, 5.41) is 6.69. The van der Waals surface area contributed by atoms with Crippen LogP contribution in [0.3, 0.4) is 0 Å². The molecular weight excluding hydrogens is 228 g/mol. The molecule has 0 aliphatic heterocycles. The summed E-state index contributed by atoms with van der Waals surface area (Å²) in [6, 6.07) is 14.5. The van der Waals surface area contributed by atoms with E-state index in [2.05, 4.69) is 46.0 Å². The Hall–Kier alpha value is -1.87. The van der Waals surface area contributed by atoms with E-state index in [1.165, 1.54) is 15.6 Å². The van der Waals surface area contributed by atoms with Crippen molar-refractivity contribution in [3.63, 3.8) is 0 Å². The van der Waals surface area contributed by atoms with Crippen molar-refractivity contribution in [2.45, 2.75) is 6.54 Å². The normalized spacial score (nSPS) is 10.6. The monoisotopic (exact) mass is 240 g/mol. The molecule has 0 aliphatic carbocycles. The highest BCUT2D eigenvalue weighted by molar-refractivity contribution is 7.17. The number of hydrogen-bond acceptors (Lipinski definition) is 3. The molecule has 3 heteroatoms. The number of thiophene rings is 1. The fraction of sp³-hybridized carbons (Fsp3) is 0.0714. The van der Waals surface area contributed by atoms with Gasteiger partial charge in [-0.2, -0.15) is 0 Å². The number of nitrogens with one attached hydrogen (secondary N) is 1. The molecule has 2 heterocycles. The van der Waals surface area contributed by atoms with Crippen LogP contribution in [0.25, 0.3) is 10.1 Å². The van der Waals surface area contributed by atoms with Crippen LogP contribution in [-0.2, 0) is 6.54 Å². The quantitative estimate of drug-likeness (QED) is 0.750. The van der Waals surface area contributed by atoms with Crippen LogP contribution in [0.1, 0.15) is 5.56 Å². The van der Waals surface area contributed by atoms with E-state index in [9.17, 15) is 0 Å². The predicted octanol–water partition coefficient (Wildman–Crippen LogP) is 3.91. The largest absolute Gasteiger partial charge is 0.365 e. The zero-order valence-electron chi connectivity index (χ0n) is 9.26. The molecule has 17 heavy (non-hydrogen) atoms. The van der Waals surface area contributed by atoms with E-state index < -0.39 is 0 Å². The van der Waals surface area contributed by atoms with Gasteiger partial charge in [0.2, 0.25) is 0 Å². The number of pyridine rings is 1. The molecule has 0 amide bonds. The van der Waals surface area contributed by atoms with Gasteiger partial charge in [0.1, 0.15) is 5.82 Å². The van der Waals surface area contributed by atoms with Gasteiger partial charge in [0, 0.05) is 22.8 Å². The Morgan fingerprint density at radius 2 is 1.94 bits per heavy atom. The van der Waals surface area contributed by atoms with Crippen LogP contribution in [0.2, 0.25) is 0 Å². The number of benzene rings is 1.